The monoisotopic (exact) mass is 347 g/mol. The van der Waals surface area contributed by atoms with E-state index in [9.17, 15) is 9.18 Å². The number of amides is 1. The Labute approximate surface area is 143 Å². The minimum atomic E-state index is -0.293. The van der Waals surface area contributed by atoms with Gasteiger partial charge in [-0.25, -0.2) is 9.07 Å². The average molecular weight is 347 g/mol. The van der Waals surface area contributed by atoms with Crippen LogP contribution in [0.25, 0.3) is 5.69 Å². The largest absolute Gasteiger partial charge is 0.380 e. The van der Waals surface area contributed by atoms with E-state index in [-0.39, 0.29) is 17.8 Å². The van der Waals surface area contributed by atoms with Gasteiger partial charge in [0.25, 0.3) is 5.91 Å². The van der Waals surface area contributed by atoms with Gasteiger partial charge >= 0.3 is 0 Å². The van der Waals surface area contributed by atoms with Gasteiger partial charge in [0.1, 0.15) is 5.82 Å². The maximum Gasteiger partial charge on any atom is 0.274 e. The quantitative estimate of drug-likeness (QED) is 0.837. The molecule has 4 rings (SSSR count). The van der Waals surface area contributed by atoms with Gasteiger partial charge in [-0.05, 0) is 36.8 Å². The van der Waals surface area contributed by atoms with Crippen molar-refractivity contribution in [2.24, 2.45) is 0 Å². The number of thioether (sulfide) groups is 1. The number of hydrogen-bond donors (Lipinski definition) is 0. The van der Waals surface area contributed by atoms with Crippen molar-refractivity contribution in [3.8, 4) is 5.69 Å². The number of benzene rings is 1. The lowest BCUT2D eigenvalue weighted by Crippen LogP contribution is -2.54. The molecule has 2 aliphatic heterocycles. The Balaban J connectivity index is 1.55. The highest BCUT2D eigenvalue weighted by Crippen LogP contribution is 2.31. The fourth-order valence-corrected chi connectivity index (χ4v) is 4.56. The van der Waals surface area contributed by atoms with E-state index in [1.54, 1.807) is 29.1 Å². The fraction of sp³-hybridized carbons (Fsp3) is 0.412. The summed E-state index contributed by atoms with van der Waals surface area (Å²) in [6.45, 7) is 2.16. The van der Waals surface area contributed by atoms with E-state index in [1.165, 1.54) is 12.1 Å². The molecule has 2 fully saturated rings. The van der Waals surface area contributed by atoms with Gasteiger partial charge in [0, 0.05) is 36.4 Å². The summed E-state index contributed by atoms with van der Waals surface area (Å²) in [4.78, 5) is 14.8. The fourth-order valence-electron chi connectivity index (χ4n) is 3.26. The molecule has 5 nitrogen and oxygen atoms in total. The predicted octanol–water partition coefficient (Wildman–Crippen LogP) is 2.36. The van der Waals surface area contributed by atoms with Crippen LogP contribution in [-0.2, 0) is 4.74 Å². The second-order valence-electron chi connectivity index (χ2n) is 5.96. The van der Waals surface area contributed by atoms with Gasteiger partial charge in [-0.15, -0.1) is 0 Å². The summed E-state index contributed by atoms with van der Waals surface area (Å²) in [6.07, 6.45) is 2.61. The summed E-state index contributed by atoms with van der Waals surface area (Å²) in [5.41, 5.74) is 1.16. The summed E-state index contributed by atoms with van der Waals surface area (Å²) in [5, 5.41) is 4.74. The second-order valence-corrected chi connectivity index (χ2v) is 7.31. The Morgan fingerprint density at radius 1 is 1.29 bits per heavy atom. The van der Waals surface area contributed by atoms with Crippen LogP contribution in [0.3, 0.4) is 0 Å². The number of halogens is 1. The molecule has 0 spiro atoms. The summed E-state index contributed by atoms with van der Waals surface area (Å²) in [5.74, 6) is 0.598. The Morgan fingerprint density at radius 2 is 2.12 bits per heavy atom. The van der Waals surface area contributed by atoms with Crippen LogP contribution in [0.15, 0.2) is 36.5 Å². The van der Waals surface area contributed by atoms with Crippen LogP contribution >= 0.6 is 11.8 Å². The second kappa shape index (κ2) is 6.57. The molecule has 24 heavy (non-hydrogen) atoms. The zero-order chi connectivity index (χ0) is 16.5. The highest BCUT2D eigenvalue weighted by Gasteiger charge is 2.37. The number of rotatable bonds is 2. The van der Waals surface area contributed by atoms with E-state index in [4.69, 9.17) is 4.74 Å². The molecule has 3 heterocycles. The normalized spacial score (nSPS) is 23.8. The molecule has 1 aromatic heterocycles. The summed E-state index contributed by atoms with van der Waals surface area (Å²) in [6, 6.07) is 7.99. The van der Waals surface area contributed by atoms with Crippen LogP contribution in [0.4, 0.5) is 4.39 Å². The molecular weight excluding hydrogens is 329 g/mol. The molecule has 126 valence electrons. The average Bonchev–Trinajstić information content (AvgIpc) is 3.11. The lowest BCUT2D eigenvalue weighted by atomic mass is 10.1. The van der Waals surface area contributed by atoms with Gasteiger partial charge in [0.2, 0.25) is 0 Å². The van der Waals surface area contributed by atoms with Crippen LogP contribution in [0.2, 0.25) is 0 Å². The van der Waals surface area contributed by atoms with E-state index >= 15 is 0 Å². The van der Waals surface area contributed by atoms with Crippen molar-refractivity contribution in [2.75, 3.05) is 25.5 Å². The number of aromatic nitrogens is 2. The van der Waals surface area contributed by atoms with E-state index in [2.05, 4.69) is 5.10 Å². The first-order valence-corrected chi connectivity index (χ1v) is 9.09. The molecule has 2 atom stereocenters. The third kappa shape index (κ3) is 2.93. The molecule has 0 aliphatic carbocycles. The summed E-state index contributed by atoms with van der Waals surface area (Å²) >= 11 is 1.89. The minimum absolute atomic E-state index is 0.0342. The highest BCUT2D eigenvalue weighted by molar-refractivity contribution is 8.00. The zero-order valence-corrected chi connectivity index (χ0v) is 13.9. The molecule has 2 aromatic rings. The number of ether oxygens (including phenoxy) is 1. The predicted molar refractivity (Wildman–Crippen MR) is 90.0 cm³/mol. The standard InChI is InChI=1S/C17H18FN3O2S/c18-12-1-3-13(4-2-12)21-7-5-14(19-21)17(22)20-8-10-24-16-11-23-9-6-15(16)20/h1-5,7,15-16H,6,8-11H2. The molecule has 2 aliphatic rings. The van der Waals surface area contributed by atoms with E-state index < -0.39 is 0 Å². The van der Waals surface area contributed by atoms with Gasteiger partial charge in [0.05, 0.1) is 12.3 Å². The lowest BCUT2D eigenvalue weighted by molar-refractivity contribution is 0.0315. The van der Waals surface area contributed by atoms with Crippen molar-refractivity contribution in [1.29, 1.82) is 0 Å². The molecule has 2 saturated heterocycles. The van der Waals surface area contributed by atoms with E-state index in [0.29, 0.717) is 24.2 Å². The van der Waals surface area contributed by atoms with Gasteiger partial charge < -0.3 is 9.64 Å². The Hall–Kier alpha value is -1.86. The first-order chi connectivity index (χ1) is 11.7. The maximum atomic E-state index is 13.0. The summed E-state index contributed by atoms with van der Waals surface area (Å²) < 4.78 is 20.2. The molecule has 2 unspecified atom stereocenters. The van der Waals surface area contributed by atoms with Crippen LogP contribution < -0.4 is 0 Å². The number of carbonyl (C=O) groups is 1. The highest BCUT2D eigenvalue weighted by atomic mass is 32.2. The van der Waals surface area contributed by atoms with Gasteiger partial charge in [0.15, 0.2) is 5.69 Å². The van der Waals surface area contributed by atoms with Crippen molar-refractivity contribution < 1.29 is 13.9 Å². The van der Waals surface area contributed by atoms with Crippen molar-refractivity contribution in [2.45, 2.75) is 17.7 Å². The van der Waals surface area contributed by atoms with Crippen LogP contribution in [0, 0.1) is 5.82 Å². The van der Waals surface area contributed by atoms with Crippen molar-refractivity contribution in [1.82, 2.24) is 14.7 Å². The number of carbonyl (C=O) groups excluding carboxylic acids is 1. The van der Waals surface area contributed by atoms with Gasteiger partial charge in [-0.3, -0.25) is 4.79 Å². The Kier molecular flexibility index (Phi) is 4.28. The minimum Gasteiger partial charge on any atom is -0.380 e. The molecule has 0 N–H and O–H groups in total. The number of nitrogens with zero attached hydrogens (tertiary/aromatic N) is 3. The first kappa shape index (κ1) is 15.7. The molecule has 7 heteroatoms. The van der Waals surface area contributed by atoms with Crippen molar-refractivity contribution in [3.05, 3.63) is 48.0 Å². The SMILES string of the molecule is O=C(c1ccn(-c2ccc(F)cc2)n1)N1CCSC2COCCC21. The molecule has 1 amide bonds. The molecule has 0 radical (unpaired) electrons. The van der Waals surface area contributed by atoms with Crippen LogP contribution in [0.1, 0.15) is 16.9 Å². The van der Waals surface area contributed by atoms with E-state index in [1.807, 2.05) is 16.7 Å². The van der Waals surface area contributed by atoms with Crippen LogP contribution in [-0.4, -0.2) is 57.4 Å². The third-order valence-corrected chi connectivity index (χ3v) is 5.79. The number of hydrogen-bond acceptors (Lipinski definition) is 4. The maximum absolute atomic E-state index is 13.0. The van der Waals surface area contributed by atoms with Gasteiger partial charge in [-0.2, -0.15) is 16.9 Å². The molecule has 1 aromatic carbocycles. The van der Waals surface area contributed by atoms with Crippen LogP contribution in [0.5, 0.6) is 0 Å². The third-order valence-electron chi connectivity index (χ3n) is 4.49. The van der Waals surface area contributed by atoms with Crippen molar-refractivity contribution in [3.63, 3.8) is 0 Å². The van der Waals surface area contributed by atoms with Crippen molar-refractivity contribution >= 4 is 17.7 Å². The van der Waals surface area contributed by atoms with Gasteiger partial charge in [-0.1, -0.05) is 0 Å². The lowest BCUT2D eigenvalue weighted by Gasteiger charge is -2.43. The molecule has 0 bridgehead atoms. The topological polar surface area (TPSA) is 47.4 Å². The van der Waals surface area contributed by atoms with E-state index in [0.717, 1.165) is 24.4 Å². The zero-order valence-electron chi connectivity index (χ0n) is 13.1. The Morgan fingerprint density at radius 3 is 2.96 bits per heavy atom. The number of fused-ring (bicyclic) bond motifs is 1. The first-order valence-electron chi connectivity index (χ1n) is 8.04. The summed E-state index contributed by atoms with van der Waals surface area (Å²) in [7, 11) is 0. The molecule has 0 saturated carbocycles. The molecular formula is C17H18FN3O2S. The Bertz CT molecular complexity index is 732. The smallest absolute Gasteiger partial charge is 0.274 e.